The minimum absolute atomic E-state index is 0.00181. The summed E-state index contributed by atoms with van der Waals surface area (Å²) in [5.74, 6) is 1.86. The Balaban J connectivity index is 2.17. The first kappa shape index (κ1) is 16.3. The number of hydrogen-bond acceptors (Lipinski definition) is 5. The molecule has 0 bridgehead atoms. The maximum Gasteiger partial charge on any atom is 0.249 e. The van der Waals surface area contributed by atoms with E-state index in [0.29, 0.717) is 29.8 Å². The molecule has 2 rings (SSSR count). The standard InChI is InChI=1S/C16H23N3O3/c1-5-11(4)14(17-13(20)9-10(2)3)16-18-15(19-22-16)12-7-6-8-21-12/h6-8,10-11,14H,5,9H2,1-4H3,(H,17,20)/t11-,14+/m0/s1. The van der Waals surface area contributed by atoms with Crippen LogP contribution in [0.15, 0.2) is 27.3 Å². The zero-order chi connectivity index (χ0) is 16.1. The lowest BCUT2D eigenvalue weighted by atomic mass is 9.98. The van der Waals surface area contributed by atoms with Gasteiger partial charge in [0.2, 0.25) is 17.6 Å². The number of carbonyl (C=O) groups excluding carboxylic acids is 1. The van der Waals surface area contributed by atoms with Crippen molar-refractivity contribution in [1.29, 1.82) is 0 Å². The number of nitrogens with zero attached hydrogens (tertiary/aromatic N) is 2. The summed E-state index contributed by atoms with van der Waals surface area (Å²) in [6, 6.07) is 3.25. The summed E-state index contributed by atoms with van der Waals surface area (Å²) >= 11 is 0. The monoisotopic (exact) mass is 305 g/mol. The lowest BCUT2D eigenvalue weighted by Crippen LogP contribution is -2.33. The zero-order valence-corrected chi connectivity index (χ0v) is 13.5. The minimum Gasteiger partial charge on any atom is -0.461 e. The molecular formula is C16H23N3O3. The summed E-state index contributed by atoms with van der Waals surface area (Å²) < 4.78 is 10.6. The molecule has 2 aromatic heterocycles. The van der Waals surface area contributed by atoms with E-state index in [4.69, 9.17) is 8.94 Å². The minimum atomic E-state index is -0.285. The van der Waals surface area contributed by atoms with E-state index in [1.807, 2.05) is 13.8 Å². The Morgan fingerprint density at radius 1 is 1.36 bits per heavy atom. The number of hydrogen-bond donors (Lipinski definition) is 1. The average Bonchev–Trinajstić information content (AvgIpc) is 3.13. The predicted molar refractivity (Wildman–Crippen MR) is 81.8 cm³/mol. The van der Waals surface area contributed by atoms with Gasteiger partial charge < -0.3 is 14.3 Å². The van der Waals surface area contributed by atoms with Crippen molar-refractivity contribution in [2.75, 3.05) is 0 Å². The van der Waals surface area contributed by atoms with E-state index < -0.39 is 0 Å². The second-order valence-corrected chi connectivity index (χ2v) is 5.96. The van der Waals surface area contributed by atoms with E-state index in [9.17, 15) is 4.79 Å². The van der Waals surface area contributed by atoms with Crippen LogP contribution in [0.5, 0.6) is 0 Å². The molecule has 0 aliphatic carbocycles. The topological polar surface area (TPSA) is 81.2 Å². The molecule has 2 atom stereocenters. The molecule has 120 valence electrons. The van der Waals surface area contributed by atoms with Crippen LogP contribution in [0.1, 0.15) is 52.5 Å². The normalized spacial score (nSPS) is 14.0. The van der Waals surface area contributed by atoms with Gasteiger partial charge in [-0.25, -0.2) is 0 Å². The third kappa shape index (κ3) is 3.96. The summed E-state index contributed by atoms with van der Waals surface area (Å²) in [7, 11) is 0. The molecule has 22 heavy (non-hydrogen) atoms. The van der Waals surface area contributed by atoms with Gasteiger partial charge in [-0.2, -0.15) is 4.98 Å². The lowest BCUT2D eigenvalue weighted by Gasteiger charge is -2.21. The highest BCUT2D eigenvalue weighted by atomic mass is 16.5. The molecule has 0 aliphatic heterocycles. The first-order valence-corrected chi connectivity index (χ1v) is 7.68. The highest BCUT2D eigenvalue weighted by Crippen LogP contribution is 2.26. The summed E-state index contributed by atoms with van der Waals surface area (Å²) in [5.41, 5.74) is 0. The van der Waals surface area contributed by atoms with E-state index >= 15 is 0 Å². The summed E-state index contributed by atoms with van der Waals surface area (Å²) in [6.07, 6.45) is 2.93. The molecule has 6 heteroatoms. The van der Waals surface area contributed by atoms with Gasteiger partial charge in [-0.15, -0.1) is 0 Å². The molecule has 2 aromatic rings. The zero-order valence-electron chi connectivity index (χ0n) is 13.5. The van der Waals surface area contributed by atoms with Gasteiger partial charge in [0.15, 0.2) is 5.76 Å². The SMILES string of the molecule is CC[C@H](C)[C@@H](NC(=O)CC(C)C)c1nc(-c2ccco2)no1. The van der Waals surface area contributed by atoms with Gasteiger partial charge in [-0.05, 0) is 24.0 Å². The van der Waals surface area contributed by atoms with Crippen LogP contribution in [0.3, 0.4) is 0 Å². The van der Waals surface area contributed by atoms with Crippen LogP contribution in [0.4, 0.5) is 0 Å². The quantitative estimate of drug-likeness (QED) is 0.845. The number of nitrogens with one attached hydrogen (secondary N) is 1. The smallest absolute Gasteiger partial charge is 0.249 e. The summed E-state index contributed by atoms with van der Waals surface area (Å²) in [4.78, 5) is 16.4. The summed E-state index contributed by atoms with van der Waals surface area (Å²) in [6.45, 7) is 8.15. The Morgan fingerprint density at radius 2 is 2.14 bits per heavy atom. The van der Waals surface area contributed by atoms with Crippen molar-refractivity contribution in [1.82, 2.24) is 15.5 Å². The van der Waals surface area contributed by atoms with E-state index in [1.54, 1.807) is 18.4 Å². The second kappa shape index (κ2) is 7.24. The Hall–Kier alpha value is -2.11. The van der Waals surface area contributed by atoms with Crippen LogP contribution in [0.2, 0.25) is 0 Å². The molecule has 0 aromatic carbocycles. The fourth-order valence-corrected chi connectivity index (χ4v) is 2.15. The summed E-state index contributed by atoms with van der Waals surface area (Å²) in [5, 5.41) is 6.94. The van der Waals surface area contributed by atoms with Crippen molar-refractivity contribution in [3.05, 3.63) is 24.3 Å². The molecule has 0 fully saturated rings. The van der Waals surface area contributed by atoms with E-state index in [1.165, 1.54) is 0 Å². The van der Waals surface area contributed by atoms with E-state index in [0.717, 1.165) is 6.42 Å². The van der Waals surface area contributed by atoms with Gasteiger partial charge in [-0.1, -0.05) is 39.3 Å². The molecule has 1 amide bonds. The fraction of sp³-hybridized carbons (Fsp3) is 0.562. The van der Waals surface area contributed by atoms with Crippen molar-refractivity contribution in [3.63, 3.8) is 0 Å². The van der Waals surface area contributed by atoms with Crippen LogP contribution in [0, 0.1) is 11.8 Å². The number of amides is 1. The van der Waals surface area contributed by atoms with Crippen molar-refractivity contribution in [2.24, 2.45) is 11.8 Å². The van der Waals surface area contributed by atoms with Gasteiger partial charge in [0.05, 0.1) is 6.26 Å². The number of furan rings is 1. The predicted octanol–water partition coefficient (Wildman–Crippen LogP) is 3.58. The van der Waals surface area contributed by atoms with E-state index in [-0.39, 0.29) is 17.9 Å². The third-order valence-corrected chi connectivity index (χ3v) is 3.57. The van der Waals surface area contributed by atoms with Gasteiger partial charge in [0.25, 0.3) is 0 Å². The Morgan fingerprint density at radius 3 is 2.73 bits per heavy atom. The van der Waals surface area contributed by atoms with Gasteiger partial charge in [-0.3, -0.25) is 4.79 Å². The van der Waals surface area contributed by atoms with Crippen molar-refractivity contribution in [3.8, 4) is 11.6 Å². The number of aromatic nitrogens is 2. The lowest BCUT2D eigenvalue weighted by molar-refractivity contribution is -0.123. The Labute approximate surface area is 130 Å². The Bertz CT molecular complexity index is 590. The van der Waals surface area contributed by atoms with Crippen molar-refractivity contribution in [2.45, 2.75) is 46.6 Å². The maximum atomic E-state index is 12.1. The molecule has 2 heterocycles. The third-order valence-electron chi connectivity index (χ3n) is 3.57. The van der Waals surface area contributed by atoms with Crippen molar-refractivity contribution < 1.29 is 13.7 Å². The van der Waals surface area contributed by atoms with Gasteiger partial charge >= 0.3 is 0 Å². The fourth-order valence-electron chi connectivity index (χ4n) is 2.15. The molecule has 0 saturated heterocycles. The largest absolute Gasteiger partial charge is 0.461 e. The molecular weight excluding hydrogens is 282 g/mol. The Kier molecular flexibility index (Phi) is 5.35. The molecule has 0 radical (unpaired) electrons. The molecule has 6 nitrogen and oxygen atoms in total. The molecule has 1 N–H and O–H groups in total. The number of carbonyl (C=O) groups is 1. The molecule has 0 spiro atoms. The first-order valence-electron chi connectivity index (χ1n) is 7.68. The molecule has 0 saturated carbocycles. The van der Waals surface area contributed by atoms with Gasteiger partial charge in [0.1, 0.15) is 6.04 Å². The van der Waals surface area contributed by atoms with Crippen LogP contribution in [-0.4, -0.2) is 16.0 Å². The van der Waals surface area contributed by atoms with E-state index in [2.05, 4.69) is 29.3 Å². The first-order chi connectivity index (χ1) is 10.5. The van der Waals surface area contributed by atoms with Crippen LogP contribution < -0.4 is 5.32 Å². The average molecular weight is 305 g/mol. The van der Waals surface area contributed by atoms with Crippen molar-refractivity contribution >= 4 is 5.91 Å². The second-order valence-electron chi connectivity index (χ2n) is 5.96. The van der Waals surface area contributed by atoms with Crippen LogP contribution in [-0.2, 0) is 4.79 Å². The van der Waals surface area contributed by atoms with Crippen LogP contribution in [0.25, 0.3) is 11.6 Å². The highest BCUT2D eigenvalue weighted by molar-refractivity contribution is 5.76. The van der Waals surface area contributed by atoms with Gasteiger partial charge in [0, 0.05) is 6.42 Å². The molecule has 0 aliphatic rings. The van der Waals surface area contributed by atoms with Crippen LogP contribution >= 0.6 is 0 Å². The highest BCUT2D eigenvalue weighted by Gasteiger charge is 2.27. The maximum absolute atomic E-state index is 12.1. The number of rotatable bonds is 7. The molecule has 0 unspecified atom stereocenters.